The van der Waals surface area contributed by atoms with Gasteiger partial charge in [-0.2, -0.15) is 13.2 Å². The summed E-state index contributed by atoms with van der Waals surface area (Å²) in [7, 11) is 0. The van der Waals surface area contributed by atoms with Gasteiger partial charge < -0.3 is 21.2 Å². The molecule has 0 aliphatic carbocycles. The molecular formula is C13H25F3N4O. The van der Waals surface area contributed by atoms with Crippen LogP contribution in [0.15, 0.2) is 5.16 Å². The van der Waals surface area contributed by atoms with E-state index in [1.54, 1.807) is 0 Å². The smallest absolute Gasteiger partial charge is 0.400 e. The van der Waals surface area contributed by atoms with Gasteiger partial charge in [0.25, 0.3) is 0 Å². The highest BCUT2D eigenvalue weighted by molar-refractivity contribution is 5.83. The molecule has 0 amide bonds. The fraction of sp³-hybridized carbons (Fsp3) is 0.923. The molecule has 0 aromatic carbocycles. The molecule has 2 atom stereocenters. The van der Waals surface area contributed by atoms with Crippen molar-refractivity contribution in [2.45, 2.75) is 44.8 Å². The zero-order valence-corrected chi connectivity index (χ0v) is 12.4. The average molecular weight is 310 g/mol. The van der Waals surface area contributed by atoms with Gasteiger partial charge in [-0.05, 0) is 45.8 Å². The van der Waals surface area contributed by atoms with Crippen molar-refractivity contribution in [1.29, 1.82) is 0 Å². The molecule has 5 nitrogen and oxygen atoms in total. The van der Waals surface area contributed by atoms with Crippen LogP contribution in [0.25, 0.3) is 0 Å². The molecule has 0 aromatic heterocycles. The summed E-state index contributed by atoms with van der Waals surface area (Å²) in [6.45, 7) is 4.25. The van der Waals surface area contributed by atoms with E-state index in [0.717, 1.165) is 19.5 Å². The summed E-state index contributed by atoms with van der Waals surface area (Å²) in [4.78, 5) is 2.37. The number of nitrogens with two attached hydrogens (primary N) is 1. The van der Waals surface area contributed by atoms with E-state index < -0.39 is 17.9 Å². The minimum absolute atomic E-state index is 0.366. The van der Waals surface area contributed by atoms with Gasteiger partial charge in [0, 0.05) is 12.6 Å². The van der Waals surface area contributed by atoms with Gasteiger partial charge in [-0.25, -0.2) is 0 Å². The first-order chi connectivity index (χ1) is 9.86. The number of hydrogen-bond acceptors (Lipinski definition) is 4. The van der Waals surface area contributed by atoms with Gasteiger partial charge >= 0.3 is 6.18 Å². The molecule has 1 rings (SSSR count). The molecule has 0 spiro atoms. The van der Waals surface area contributed by atoms with E-state index in [4.69, 9.17) is 10.9 Å². The minimum Gasteiger partial charge on any atom is -0.409 e. The van der Waals surface area contributed by atoms with Gasteiger partial charge in [0.15, 0.2) is 5.84 Å². The summed E-state index contributed by atoms with van der Waals surface area (Å²) < 4.78 is 38.1. The predicted molar refractivity (Wildman–Crippen MR) is 75.3 cm³/mol. The number of piperidine rings is 1. The summed E-state index contributed by atoms with van der Waals surface area (Å²) in [5, 5.41) is 13.6. The molecule has 1 aliphatic rings. The highest BCUT2D eigenvalue weighted by Gasteiger charge is 2.42. The van der Waals surface area contributed by atoms with Crippen molar-refractivity contribution in [1.82, 2.24) is 10.2 Å². The van der Waals surface area contributed by atoms with Gasteiger partial charge in [0.05, 0.1) is 0 Å². The summed E-state index contributed by atoms with van der Waals surface area (Å²) in [5.74, 6) is -2.75. The second kappa shape index (κ2) is 8.43. The standard InChI is InChI=1S/C13H25F3N4O/c1-10-5-2-3-7-20(10)8-4-6-18-9-11(12(17)19-21)13(14,15)16/h10-11,18,21H,2-9H2,1H3,(H2,17,19). The number of nitrogens with zero attached hydrogens (tertiary/aromatic N) is 2. The first-order valence-electron chi connectivity index (χ1n) is 7.35. The second-order valence-electron chi connectivity index (χ2n) is 5.56. The molecule has 4 N–H and O–H groups in total. The molecule has 2 unspecified atom stereocenters. The summed E-state index contributed by atoms with van der Waals surface area (Å²) >= 11 is 0. The van der Waals surface area contributed by atoms with Crippen molar-refractivity contribution in [3.8, 4) is 0 Å². The van der Waals surface area contributed by atoms with Gasteiger partial charge in [-0.1, -0.05) is 11.6 Å². The highest BCUT2D eigenvalue weighted by atomic mass is 19.4. The molecule has 1 heterocycles. The summed E-state index contributed by atoms with van der Waals surface area (Å²) in [5.41, 5.74) is 5.08. The van der Waals surface area contributed by atoms with Gasteiger partial charge in [0.2, 0.25) is 0 Å². The number of amidine groups is 1. The van der Waals surface area contributed by atoms with Crippen LogP contribution in [-0.2, 0) is 0 Å². The number of nitrogens with one attached hydrogen (secondary N) is 1. The molecule has 0 radical (unpaired) electrons. The van der Waals surface area contributed by atoms with Crippen LogP contribution in [0.4, 0.5) is 13.2 Å². The molecule has 0 saturated carbocycles. The molecule has 124 valence electrons. The van der Waals surface area contributed by atoms with E-state index in [0.29, 0.717) is 12.6 Å². The van der Waals surface area contributed by atoms with E-state index in [2.05, 4.69) is 22.3 Å². The Kier molecular flexibility index (Phi) is 7.24. The largest absolute Gasteiger partial charge is 0.409 e. The Bertz CT molecular complexity index is 336. The Morgan fingerprint density at radius 1 is 1.48 bits per heavy atom. The molecule has 1 fully saturated rings. The normalized spacial score (nSPS) is 23.2. The zero-order valence-electron chi connectivity index (χ0n) is 12.4. The zero-order chi connectivity index (χ0) is 15.9. The number of halogens is 3. The lowest BCUT2D eigenvalue weighted by Gasteiger charge is -2.33. The highest BCUT2D eigenvalue weighted by Crippen LogP contribution is 2.25. The van der Waals surface area contributed by atoms with E-state index in [1.165, 1.54) is 19.3 Å². The average Bonchev–Trinajstić information content (AvgIpc) is 2.42. The van der Waals surface area contributed by atoms with Crippen molar-refractivity contribution in [3.63, 3.8) is 0 Å². The monoisotopic (exact) mass is 310 g/mol. The Morgan fingerprint density at radius 2 is 2.19 bits per heavy atom. The van der Waals surface area contributed by atoms with Crippen LogP contribution in [0.5, 0.6) is 0 Å². The lowest BCUT2D eigenvalue weighted by Crippen LogP contribution is -2.43. The van der Waals surface area contributed by atoms with Crippen LogP contribution in [0, 0.1) is 5.92 Å². The number of alkyl halides is 3. The molecule has 1 aliphatic heterocycles. The van der Waals surface area contributed by atoms with Crippen LogP contribution in [0.1, 0.15) is 32.6 Å². The van der Waals surface area contributed by atoms with E-state index in [-0.39, 0.29) is 6.54 Å². The van der Waals surface area contributed by atoms with Crippen molar-refractivity contribution in [2.24, 2.45) is 16.8 Å². The van der Waals surface area contributed by atoms with E-state index >= 15 is 0 Å². The molecule has 0 bridgehead atoms. The number of likely N-dealkylation sites (tertiary alicyclic amines) is 1. The predicted octanol–water partition coefficient (Wildman–Crippen LogP) is 1.77. The molecule has 21 heavy (non-hydrogen) atoms. The second-order valence-corrected chi connectivity index (χ2v) is 5.56. The summed E-state index contributed by atoms with van der Waals surface area (Å²) in [6, 6.07) is 0.554. The number of rotatable bonds is 7. The maximum Gasteiger partial charge on any atom is 0.400 e. The lowest BCUT2D eigenvalue weighted by molar-refractivity contribution is -0.154. The maximum atomic E-state index is 12.7. The first-order valence-corrected chi connectivity index (χ1v) is 7.35. The van der Waals surface area contributed by atoms with E-state index in [9.17, 15) is 13.2 Å². The third kappa shape index (κ3) is 6.09. The van der Waals surface area contributed by atoms with Crippen LogP contribution in [0.3, 0.4) is 0 Å². The Morgan fingerprint density at radius 3 is 2.76 bits per heavy atom. The van der Waals surface area contributed by atoms with Crippen molar-refractivity contribution in [3.05, 3.63) is 0 Å². The fourth-order valence-corrected chi connectivity index (χ4v) is 2.60. The van der Waals surface area contributed by atoms with Crippen LogP contribution in [0.2, 0.25) is 0 Å². The third-order valence-corrected chi connectivity index (χ3v) is 3.96. The summed E-state index contributed by atoms with van der Waals surface area (Å²) in [6.07, 6.45) is -0.0940. The Hall–Kier alpha value is -1.02. The fourth-order valence-electron chi connectivity index (χ4n) is 2.60. The van der Waals surface area contributed by atoms with Crippen molar-refractivity contribution >= 4 is 5.84 Å². The van der Waals surface area contributed by atoms with Gasteiger partial charge in [0.1, 0.15) is 5.92 Å². The van der Waals surface area contributed by atoms with Crippen LogP contribution >= 0.6 is 0 Å². The van der Waals surface area contributed by atoms with Crippen molar-refractivity contribution < 1.29 is 18.4 Å². The number of hydrogen-bond donors (Lipinski definition) is 3. The SMILES string of the molecule is CC1CCCCN1CCCNCC(C(N)=NO)C(F)(F)F. The van der Waals surface area contributed by atoms with Gasteiger partial charge in [-0.15, -0.1) is 0 Å². The molecular weight excluding hydrogens is 285 g/mol. The molecule has 8 heteroatoms. The topological polar surface area (TPSA) is 73.9 Å². The quantitative estimate of drug-likeness (QED) is 0.220. The third-order valence-electron chi connectivity index (χ3n) is 3.96. The molecule has 0 aromatic rings. The van der Waals surface area contributed by atoms with Crippen molar-refractivity contribution in [2.75, 3.05) is 26.2 Å². The molecule has 1 saturated heterocycles. The Balaban J connectivity index is 2.25. The minimum atomic E-state index is -4.51. The van der Waals surface area contributed by atoms with E-state index in [1.807, 2.05) is 0 Å². The lowest BCUT2D eigenvalue weighted by atomic mass is 10.0. The Labute approximate surface area is 123 Å². The first kappa shape index (κ1) is 18.0. The van der Waals surface area contributed by atoms with Crippen LogP contribution < -0.4 is 11.1 Å². The van der Waals surface area contributed by atoms with Gasteiger partial charge in [-0.3, -0.25) is 0 Å². The maximum absolute atomic E-state index is 12.7. The number of oxime groups is 1. The van der Waals surface area contributed by atoms with Crippen LogP contribution in [-0.4, -0.2) is 54.3 Å².